The zero-order valence-corrected chi connectivity index (χ0v) is 8.84. The first-order chi connectivity index (χ1) is 6.02. The van der Waals surface area contributed by atoms with Gasteiger partial charge in [-0.2, -0.15) is 0 Å². The van der Waals surface area contributed by atoms with Crippen LogP contribution in [0.5, 0.6) is 0 Å². The summed E-state index contributed by atoms with van der Waals surface area (Å²) in [6, 6.07) is 9.98. The number of carbonyl (C=O) groups is 1. The zero-order chi connectivity index (χ0) is 9.90. The van der Waals surface area contributed by atoms with E-state index in [0.717, 1.165) is 6.42 Å². The van der Waals surface area contributed by atoms with Crippen LogP contribution in [0.1, 0.15) is 19.4 Å². The lowest BCUT2D eigenvalue weighted by molar-refractivity contribution is -0.117. The predicted octanol–water partition coefficient (Wildman–Crippen LogP) is 2.71. The first kappa shape index (κ1) is 10.3. The van der Waals surface area contributed by atoms with E-state index in [1.54, 1.807) is 0 Å². The topological polar surface area (TPSA) is 17.1 Å². The van der Waals surface area contributed by atoms with Crippen molar-refractivity contribution >= 4 is 17.7 Å². The fourth-order valence-corrected chi connectivity index (χ4v) is 1.26. The van der Waals surface area contributed by atoms with Crippen molar-refractivity contribution in [3.63, 3.8) is 0 Å². The van der Waals surface area contributed by atoms with Gasteiger partial charge in [-0.1, -0.05) is 44.2 Å². The van der Waals surface area contributed by atoms with Gasteiger partial charge in [-0.25, -0.2) is 0 Å². The van der Waals surface area contributed by atoms with Crippen LogP contribution in [-0.2, 0) is 11.2 Å². The normalized spacial score (nSPS) is 11.3. The van der Waals surface area contributed by atoms with E-state index in [1.165, 1.54) is 5.56 Å². The fourth-order valence-electron chi connectivity index (χ4n) is 1.18. The Hall–Kier alpha value is -0.760. The fraction of sp³-hybridized carbons (Fsp3) is 0.364. The smallest absolute Gasteiger partial charge is 0.191 e. The molecule has 0 fully saturated rings. The molecule has 1 nitrogen and oxygen atoms in total. The van der Waals surface area contributed by atoms with Gasteiger partial charge in [0.05, 0.1) is 0 Å². The summed E-state index contributed by atoms with van der Waals surface area (Å²) in [5.74, 6) is 0. The Morgan fingerprint density at radius 2 is 1.85 bits per heavy atom. The average molecular weight is 194 g/mol. The van der Waals surface area contributed by atoms with E-state index in [1.807, 2.05) is 44.2 Å². The quantitative estimate of drug-likeness (QED) is 0.732. The molecule has 0 amide bonds. The summed E-state index contributed by atoms with van der Waals surface area (Å²) in [5, 5.41) is -0.0589. The highest BCUT2D eigenvalue weighted by Gasteiger charge is 2.24. The number of thiol groups is 1. The molecule has 13 heavy (non-hydrogen) atoms. The summed E-state index contributed by atoms with van der Waals surface area (Å²) in [4.78, 5) is 11.1. The van der Waals surface area contributed by atoms with Crippen molar-refractivity contribution in [1.29, 1.82) is 0 Å². The van der Waals surface area contributed by atoms with Crippen LogP contribution in [0.3, 0.4) is 0 Å². The molecule has 1 aromatic carbocycles. The minimum atomic E-state index is -0.371. The molecule has 0 heterocycles. The average Bonchev–Trinajstić information content (AvgIpc) is 2.05. The Labute approximate surface area is 84.6 Å². The second-order valence-corrected chi connectivity index (χ2v) is 4.26. The number of hydrogen-bond donors (Lipinski definition) is 1. The maximum Gasteiger partial charge on any atom is 0.191 e. The summed E-state index contributed by atoms with van der Waals surface area (Å²) < 4.78 is 0. The Balaban J connectivity index is 2.75. The number of hydrogen-bond acceptors (Lipinski definition) is 1. The molecule has 0 aliphatic carbocycles. The van der Waals surface area contributed by atoms with Crippen LogP contribution in [0.25, 0.3) is 0 Å². The standard InChI is InChI=1S/C11H14OS/c1-11(2,10(12)13)8-9-6-4-3-5-7-9/h3-7H,8H2,1-2H3,(H,12,13). The Kier molecular flexibility index (Phi) is 3.15. The Bertz CT molecular complexity index is 290. The third kappa shape index (κ3) is 2.88. The van der Waals surface area contributed by atoms with Gasteiger partial charge in [0.1, 0.15) is 0 Å². The molecule has 0 N–H and O–H groups in total. The van der Waals surface area contributed by atoms with Crippen molar-refractivity contribution in [2.45, 2.75) is 20.3 Å². The molecule has 2 heteroatoms. The third-order valence-corrected chi connectivity index (χ3v) is 2.67. The summed E-state index contributed by atoms with van der Waals surface area (Å²) in [5.41, 5.74) is 0.805. The zero-order valence-electron chi connectivity index (χ0n) is 7.95. The van der Waals surface area contributed by atoms with E-state index >= 15 is 0 Å². The highest BCUT2D eigenvalue weighted by atomic mass is 32.1. The molecule has 1 aromatic rings. The Morgan fingerprint density at radius 1 is 1.31 bits per heavy atom. The van der Waals surface area contributed by atoms with E-state index < -0.39 is 0 Å². The molecule has 0 bridgehead atoms. The van der Waals surface area contributed by atoms with Crippen molar-refractivity contribution in [1.82, 2.24) is 0 Å². The van der Waals surface area contributed by atoms with Crippen LogP contribution in [0.2, 0.25) is 0 Å². The van der Waals surface area contributed by atoms with E-state index in [2.05, 4.69) is 12.6 Å². The Morgan fingerprint density at radius 3 is 2.31 bits per heavy atom. The molecule has 0 spiro atoms. The molecule has 0 aliphatic rings. The van der Waals surface area contributed by atoms with Gasteiger partial charge in [0.2, 0.25) is 0 Å². The van der Waals surface area contributed by atoms with Gasteiger partial charge < -0.3 is 0 Å². The largest absolute Gasteiger partial charge is 0.287 e. The van der Waals surface area contributed by atoms with Gasteiger partial charge in [-0.05, 0) is 12.0 Å². The molecular formula is C11H14OS. The van der Waals surface area contributed by atoms with Gasteiger partial charge in [-0.15, -0.1) is 12.6 Å². The summed E-state index contributed by atoms with van der Waals surface area (Å²) in [7, 11) is 0. The number of rotatable bonds is 3. The van der Waals surface area contributed by atoms with E-state index in [4.69, 9.17) is 0 Å². The van der Waals surface area contributed by atoms with Crippen LogP contribution in [0.15, 0.2) is 30.3 Å². The number of benzene rings is 1. The molecular weight excluding hydrogens is 180 g/mol. The van der Waals surface area contributed by atoms with Crippen LogP contribution in [-0.4, -0.2) is 5.12 Å². The lowest BCUT2D eigenvalue weighted by Gasteiger charge is -2.19. The van der Waals surface area contributed by atoms with Gasteiger partial charge >= 0.3 is 0 Å². The highest BCUT2D eigenvalue weighted by molar-refractivity contribution is 7.96. The van der Waals surface area contributed by atoms with Gasteiger partial charge in [0.15, 0.2) is 5.12 Å². The summed E-state index contributed by atoms with van der Waals surface area (Å²) in [6.07, 6.45) is 0.746. The molecule has 0 unspecified atom stereocenters. The van der Waals surface area contributed by atoms with Crippen molar-refractivity contribution < 1.29 is 4.79 Å². The lowest BCUT2D eigenvalue weighted by Crippen LogP contribution is -2.22. The molecule has 1 rings (SSSR count). The predicted molar refractivity (Wildman–Crippen MR) is 57.9 cm³/mol. The van der Waals surface area contributed by atoms with E-state index in [0.29, 0.717) is 0 Å². The first-order valence-electron chi connectivity index (χ1n) is 4.30. The van der Waals surface area contributed by atoms with Crippen molar-refractivity contribution in [2.75, 3.05) is 0 Å². The van der Waals surface area contributed by atoms with Crippen LogP contribution in [0, 0.1) is 5.41 Å². The minimum Gasteiger partial charge on any atom is -0.287 e. The summed E-state index contributed by atoms with van der Waals surface area (Å²) in [6.45, 7) is 3.82. The molecule has 0 radical (unpaired) electrons. The van der Waals surface area contributed by atoms with E-state index in [9.17, 15) is 4.79 Å². The maximum atomic E-state index is 11.1. The van der Waals surface area contributed by atoms with Crippen molar-refractivity contribution in [2.24, 2.45) is 5.41 Å². The molecule has 70 valence electrons. The SMILES string of the molecule is CC(C)(Cc1ccccc1)C(=O)S. The molecule has 0 aliphatic heterocycles. The monoisotopic (exact) mass is 194 g/mol. The molecule has 0 atom stereocenters. The van der Waals surface area contributed by atoms with E-state index in [-0.39, 0.29) is 10.5 Å². The highest BCUT2D eigenvalue weighted by Crippen LogP contribution is 2.24. The third-order valence-electron chi connectivity index (χ3n) is 2.07. The van der Waals surface area contributed by atoms with Gasteiger partial charge in [0.25, 0.3) is 0 Å². The first-order valence-corrected chi connectivity index (χ1v) is 4.74. The van der Waals surface area contributed by atoms with Crippen LogP contribution < -0.4 is 0 Å². The minimum absolute atomic E-state index is 0.0589. The van der Waals surface area contributed by atoms with Crippen molar-refractivity contribution in [3.05, 3.63) is 35.9 Å². The molecule has 0 aromatic heterocycles. The second-order valence-electron chi connectivity index (χ2n) is 3.85. The molecule has 0 saturated heterocycles. The second kappa shape index (κ2) is 3.97. The van der Waals surface area contributed by atoms with Crippen molar-refractivity contribution in [3.8, 4) is 0 Å². The van der Waals surface area contributed by atoms with Crippen LogP contribution in [0.4, 0.5) is 0 Å². The molecule has 0 saturated carbocycles. The maximum absolute atomic E-state index is 11.1. The lowest BCUT2D eigenvalue weighted by atomic mass is 9.87. The van der Waals surface area contributed by atoms with Gasteiger partial charge in [0, 0.05) is 5.41 Å². The van der Waals surface area contributed by atoms with Crippen LogP contribution >= 0.6 is 12.6 Å². The summed E-state index contributed by atoms with van der Waals surface area (Å²) >= 11 is 3.87. The van der Waals surface area contributed by atoms with Gasteiger partial charge in [-0.3, -0.25) is 4.79 Å². The number of carbonyl (C=O) groups excluding carboxylic acids is 1.